The van der Waals surface area contributed by atoms with Crippen LogP contribution in [-0.4, -0.2) is 30.9 Å². The number of thioether (sulfide) groups is 1. The Morgan fingerprint density at radius 1 is 1.06 bits per heavy atom. The Hall–Kier alpha value is -2.97. The first-order chi connectivity index (χ1) is 15.0. The van der Waals surface area contributed by atoms with Gasteiger partial charge in [-0.1, -0.05) is 60.3 Å². The maximum absolute atomic E-state index is 12.8. The Balaban J connectivity index is 1.58. The fraction of sp³-hybridized carbons (Fsp3) is 0.217. The van der Waals surface area contributed by atoms with Gasteiger partial charge in [0, 0.05) is 17.0 Å². The van der Waals surface area contributed by atoms with E-state index in [0.717, 1.165) is 27.6 Å². The smallest absolute Gasteiger partial charge is 0.239 e. The average Bonchev–Trinajstić information content (AvgIpc) is 3.31. The number of para-hydroxylation sites is 1. The molecular weight excluding hydrogens is 426 g/mol. The molecule has 158 valence electrons. The van der Waals surface area contributed by atoms with E-state index in [0.29, 0.717) is 16.7 Å². The number of nitrogens with one attached hydrogen (secondary N) is 1. The van der Waals surface area contributed by atoms with Crippen LogP contribution in [0.5, 0.6) is 0 Å². The molecule has 0 unspecified atom stereocenters. The molecule has 0 bridgehead atoms. The fourth-order valence-electron chi connectivity index (χ4n) is 3.05. The number of anilines is 1. The second kappa shape index (κ2) is 9.45. The minimum absolute atomic E-state index is 0.106. The molecule has 0 radical (unpaired) electrons. The van der Waals surface area contributed by atoms with Gasteiger partial charge in [0.1, 0.15) is 5.82 Å². The van der Waals surface area contributed by atoms with Gasteiger partial charge in [-0.15, -0.1) is 21.5 Å². The molecule has 2 heterocycles. The molecule has 0 saturated carbocycles. The van der Waals surface area contributed by atoms with Crippen LogP contribution in [0.15, 0.2) is 65.8 Å². The number of carbonyl (C=O) groups excluding carboxylic acids is 1. The first-order valence-corrected chi connectivity index (χ1v) is 11.7. The zero-order valence-corrected chi connectivity index (χ0v) is 19.2. The van der Waals surface area contributed by atoms with Crippen molar-refractivity contribution in [2.24, 2.45) is 0 Å². The average molecular weight is 450 g/mol. The molecule has 6 nitrogen and oxygen atoms in total. The van der Waals surface area contributed by atoms with Gasteiger partial charge in [-0.25, -0.2) is 4.98 Å². The molecule has 1 atom stereocenters. The minimum atomic E-state index is -0.360. The highest BCUT2D eigenvalue weighted by atomic mass is 32.2. The number of aryl methyl sites for hydroxylation is 2. The summed E-state index contributed by atoms with van der Waals surface area (Å²) in [6.45, 7) is 5.81. The van der Waals surface area contributed by atoms with E-state index >= 15 is 0 Å². The topological polar surface area (TPSA) is 72.7 Å². The third kappa shape index (κ3) is 5.03. The maximum atomic E-state index is 12.8. The lowest BCUT2D eigenvalue weighted by atomic mass is 10.1. The van der Waals surface area contributed by atoms with Crippen LogP contribution in [0.1, 0.15) is 28.9 Å². The molecular formula is C23H23N5OS2. The van der Waals surface area contributed by atoms with Crippen molar-refractivity contribution in [1.82, 2.24) is 19.7 Å². The van der Waals surface area contributed by atoms with E-state index in [1.165, 1.54) is 23.1 Å². The van der Waals surface area contributed by atoms with Crippen molar-refractivity contribution in [1.29, 1.82) is 0 Å². The van der Waals surface area contributed by atoms with Crippen molar-refractivity contribution in [2.75, 3.05) is 5.32 Å². The van der Waals surface area contributed by atoms with E-state index in [-0.39, 0.29) is 11.2 Å². The number of carbonyl (C=O) groups is 1. The number of thiazole rings is 1. The van der Waals surface area contributed by atoms with Gasteiger partial charge in [0.15, 0.2) is 10.3 Å². The molecule has 4 rings (SSSR count). The van der Waals surface area contributed by atoms with Crippen LogP contribution in [0.2, 0.25) is 0 Å². The predicted octanol–water partition coefficient (Wildman–Crippen LogP) is 5.05. The monoisotopic (exact) mass is 449 g/mol. The molecule has 8 heteroatoms. The number of benzene rings is 2. The third-order valence-corrected chi connectivity index (χ3v) is 6.86. The number of hydrogen-bond acceptors (Lipinski definition) is 6. The van der Waals surface area contributed by atoms with Gasteiger partial charge < -0.3 is 5.32 Å². The second-order valence-electron chi connectivity index (χ2n) is 7.14. The largest absolute Gasteiger partial charge is 0.301 e. The second-order valence-corrected chi connectivity index (χ2v) is 9.65. The van der Waals surface area contributed by atoms with Gasteiger partial charge in [0.05, 0.1) is 10.9 Å². The van der Waals surface area contributed by atoms with Crippen LogP contribution in [0, 0.1) is 13.8 Å². The summed E-state index contributed by atoms with van der Waals surface area (Å²) in [6, 6.07) is 20.2. The molecule has 2 aromatic heterocycles. The highest BCUT2D eigenvalue weighted by molar-refractivity contribution is 8.00. The summed E-state index contributed by atoms with van der Waals surface area (Å²) < 4.78 is 2.03. The van der Waals surface area contributed by atoms with E-state index in [1.807, 2.05) is 73.9 Å². The summed E-state index contributed by atoms with van der Waals surface area (Å²) in [5.41, 5.74) is 3.07. The van der Waals surface area contributed by atoms with Crippen molar-refractivity contribution in [3.8, 4) is 5.69 Å². The predicted molar refractivity (Wildman–Crippen MR) is 126 cm³/mol. The lowest BCUT2D eigenvalue weighted by molar-refractivity contribution is -0.115. The highest BCUT2D eigenvalue weighted by Gasteiger charge is 2.22. The number of aromatic nitrogens is 4. The molecule has 0 fully saturated rings. The van der Waals surface area contributed by atoms with Crippen molar-refractivity contribution in [3.05, 3.63) is 82.6 Å². The molecule has 1 amide bonds. The van der Waals surface area contributed by atoms with Gasteiger partial charge in [-0.2, -0.15) is 0 Å². The fourth-order valence-corrected chi connectivity index (χ4v) is 4.75. The standard InChI is InChI=1S/C23H23N5OS2/c1-15-16(2)30-22(24-15)25-21(29)17(3)31-23-27-26-20(14-18-10-6-4-7-11-18)28(23)19-12-8-5-9-13-19/h4-13,17H,14H2,1-3H3,(H,24,25,29)/t17-/m0/s1. The maximum Gasteiger partial charge on any atom is 0.239 e. The van der Waals surface area contributed by atoms with Gasteiger partial charge in [-0.3, -0.25) is 9.36 Å². The van der Waals surface area contributed by atoms with Crippen molar-refractivity contribution in [3.63, 3.8) is 0 Å². The van der Waals surface area contributed by atoms with Crippen molar-refractivity contribution in [2.45, 2.75) is 37.6 Å². The number of nitrogens with zero attached hydrogens (tertiary/aromatic N) is 4. The summed E-state index contributed by atoms with van der Waals surface area (Å²) in [5.74, 6) is 0.727. The molecule has 31 heavy (non-hydrogen) atoms. The van der Waals surface area contributed by atoms with Gasteiger partial charge in [0.2, 0.25) is 5.91 Å². The van der Waals surface area contributed by atoms with E-state index in [1.54, 1.807) is 0 Å². The number of amides is 1. The van der Waals surface area contributed by atoms with Crippen LogP contribution >= 0.6 is 23.1 Å². The molecule has 4 aromatic rings. The lowest BCUT2D eigenvalue weighted by Crippen LogP contribution is -2.22. The molecule has 2 aromatic carbocycles. The number of rotatable bonds is 7. The van der Waals surface area contributed by atoms with Gasteiger partial charge >= 0.3 is 0 Å². The zero-order valence-electron chi connectivity index (χ0n) is 17.6. The summed E-state index contributed by atoms with van der Waals surface area (Å²) in [7, 11) is 0. The van der Waals surface area contributed by atoms with Crippen LogP contribution < -0.4 is 5.32 Å². The van der Waals surface area contributed by atoms with E-state index in [2.05, 4.69) is 32.6 Å². The van der Waals surface area contributed by atoms with E-state index in [4.69, 9.17) is 0 Å². The van der Waals surface area contributed by atoms with E-state index < -0.39 is 0 Å². The third-order valence-electron chi connectivity index (χ3n) is 4.83. The Bertz CT molecular complexity index is 1150. The number of hydrogen-bond donors (Lipinski definition) is 1. The molecule has 0 spiro atoms. The first kappa shape index (κ1) is 21.3. The summed E-state index contributed by atoms with van der Waals surface area (Å²) in [6.07, 6.45) is 0.654. The van der Waals surface area contributed by atoms with Crippen LogP contribution in [0.4, 0.5) is 5.13 Å². The minimum Gasteiger partial charge on any atom is -0.301 e. The molecule has 1 N–H and O–H groups in total. The van der Waals surface area contributed by atoms with Crippen LogP contribution in [-0.2, 0) is 11.2 Å². The Morgan fingerprint density at radius 3 is 2.39 bits per heavy atom. The zero-order chi connectivity index (χ0) is 21.8. The highest BCUT2D eigenvalue weighted by Crippen LogP contribution is 2.28. The van der Waals surface area contributed by atoms with Crippen molar-refractivity contribution < 1.29 is 4.79 Å². The summed E-state index contributed by atoms with van der Waals surface area (Å²) >= 11 is 2.88. The molecule has 0 saturated heterocycles. The Labute approximate surface area is 189 Å². The Morgan fingerprint density at radius 2 is 1.74 bits per heavy atom. The van der Waals surface area contributed by atoms with Gasteiger partial charge in [-0.05, 0) is 38.5 Å². The normalized spacial score (nSPS) is 12.0. The van der Waals surface area contributed by atoms with Crippen molar-refractivity contribution >= 4 is 34.1 Å². The molecule has 0 aliphatic carbocycles. The summed E-state index contributed by atoms with van der Waals surface area (Å²) in [5, 5.41) is 12.7. The van der Waals surface area contributed by atoms with Crippen LogP contribution in [0.3, 0.4) is 0 Å². The molecule has 0 aliphatic heterocycles. The quantitative estimate of drug-likeness (QED) is 0.400. The van der Waals surface area contributed by atoms with Crippen LogP contribution in [0.25, 0.3) is 5.69 Å². The SMILES string of the molecule is Cc1nc(NC(=O)[C@H](C)Sc2nnc(Cc3ccccc3)n2-c2ccccc2)sc1C. The summed E-state index contributed by atoms with van der Waals surface area (Å²) in [4.78, 5) is 18.3. The Kier molecular flexibility index (Phi) is 6.48. The van der Waals surface area contributed by atoms with E-state index in [9.17, 15) is 4.79 Å². The lowest BCUT2D eigenvalue weighted by Gasteiger charge is -2.13. The van der Waals surface area contributed by atoms with Gasteiger partial charge in [0.25, 0.3) is 0 Å². The molecule has 0 aliphatic rings. The first-order valence-electron chi connectivity index (χ1n) is 9.96.